The first-order valence-electron chi connectivity index (χ1n) is 7.74. The van der Waals surface area contributed by atoms with Gasteiger partial charge in [0.25, 0.3) is 5.91 Å². The highest BCUT2D eigenvalue weighted by Gasteiger charge is 2.38. The summed E-state index contributed by atoms with van der Waals surface area (Å²) in [5.41, 5.74) is 1.17. The van der Waals surface area contributed by atoms with Gasteiger partial charge in [-0.2, -0.15) is 0 Å². The SMILES string of the molecule is O=C(CN1C(=O)NC(Cc2ccccc2)C1=O)Nc1cccc(F)c1. The molecule has 3 rings (SSSR count). The minimum Gasteiger partial charge on any atom is -0.325 e. The van der Waals surface area contributed by atoms with E-state index in [-0.39, 0.29) is 5.69 Å². The minimum absolute atomic E-state index is 0.262. The molecule has 1 aliphatic heterocycles. The van der Waals surface area contributed by atoms with E-state index in [1.165, 1.54) is 18.2 Å². The van der Waals surface area contributed by atoms with Gasteiger partial charge in [-0.1, -0.05) is 36.4 Å². The summed E-state index contributed by atoms with van der Waals surface area (Å²) in [6.07, 6.45) is 0.355. The van der Waals surface area contributed by atoms with E-state index < -0.39 is 36.2 Å². The van der Waals surface area contributed by atoms with Crippen LogP contribution in [0, 0.1) is 5.82 Å². The molecule has 25 heavy (non-hydrogen) atoms. The molecule has 0 aromatic heterocycles. The fraction of sp³-hybridized carbons (Fsp3) is 0.167. The maximum Gasteiger partial charge on any atom is 0.325 e. The first kappa shape index (κ1) is 16.6. The second kappa shape index (κ2) is 7.12. The monoisotopic (exact) mass is 341 g/mol. The Bertz CT molecular complexity index is 810. The van der Waals surface area contributed by atoms with Gasteiger partial charge >= 0.3 is 6.03 Å². The molecule has 0 aliphatic carbocycles. The molecule has 1 unspecified atom stereocenters. The van der Waals surface area contributed by atoms with Crippen LogP contribution in [0.4, 0.5) is 14.9 Å². The number of hydrogen-bond donors (Lipinski definition) is 2. The topological polar surface area (TPSA) is 78.5 Å². The Kier molecular flexibility index (Phi) is 4.74. The molecule has 6 nitrogen and oxygen atoms in total. The number of carbonyl (C=O) groups is 3. The number of imide groups is 1. The quantitative estimate of drug-likeness (QED) is 0.816. The van der Waals surface area contributed by atoms with E-state index in [1.54, 1.807) is 0 Å². The van der Waals surface area contributed by atoms with Gasteiger partial charge in [0.15, 0.2) is 0 Å². The van der Waals surface area contributed by atoms with Crippen LogP contribution in [0.25, 0.3) is 0 Å². The average molecular weight is 341 g/mol. The van der Waals surface area contributed by atoms with Gasteiger partial charge in [0.05, 0.1) is 0 Å². The number of rotatable bonds is 5. The zero-order valence-corrected chi connectivity index (χ0v) is 13.2. The molecule has 1 aliphatic rings. The second-order valence-electron chi connectivity index (χ2n) is 5.67. The van der Waals surface area contributed by atoms with Crippen LogP contribution in [-0.4, -0.2) is 35.3 Å². The number of nitrogens with one attached hydrogen (secondary N) is 2. The van der Waals surface area contributed by atoms with Crippen LogP contribution in [0.5, 0.6) is 0 Å². The third-order valence-corrected chi connectivity index (χ3v) is 3.80. The lowest BCUT2D eigenvalue weighted by Gasteiger charge is -2.13. The lowest BCUT2D eigenvalue weighted by molar-refractivity contribution is -0.130. The van der Waals surface area contributed by atoms with Crippen LogP contribution >= 0.6 is 0 Å². The Morgan fingerprint density at radius 2 is 1.88 bits per heavy atom. The number of nitrogens with zero attached hydrogens (tertiary/aromatic N) is 1. The molecule has 4 amide bonds. The van der Waals surface area contributed by atoms with E-state index in [4.69, 9.17) is 0 Å². The molecule has 7 heteroatoms. The van der Waals surface area contributed by atoms with Crippen LogP contribution < -0.4 is 10.6 Å². The van der Waals surface area contributed by atoms with Crippen LogP contribution in [0.1, 0.15) is 5.56 Å². The van der Waals surface area contributed by atoms with Crippen molar-refractivity contribution >= 4 is 23.5 Å². The normalized spacial score (nSPS) is 16.7. The molecule has 128 valence electrons. The Balaban J connectivity index is 1.61. The molecular weight excluding hydrogens is 325 g/mol. The van der Waals surface area contributed by atoms with E-state index in [2.05, 4.69) is 10.6 Å². The van der Waals surface area contributed by atoms with Gasteiger partial charge in [-0.15, -0.1) is 0 Å². The summed E-state index contributed by atoms with van der Waals surface area (Å²) >= 11 is 0. The van der Waals surface area contributed by atoms with Crippen LogP contribution in [0.2, 0.25) is 0 Å². The molecule has 2 aromatic carbocycles. The summed E-state index contributed by atoms with van der Waals surface area (Å²) in [5.74, 6) is -1.52. The summed E-state index contributed by atoms with van der Waals surface area (Å²) in [7, 11) is 0. The highest BCUT2D eigenvalue weighted by atomic mass is 19.1. The van der Waals surface area contributed by atoms with Crippen molar-refractivity contribution in [1.82, 2.24) is 10.2 Å². The summed E-state index contributed by atoms with van der Waals surface area (Å²) in [5, 5.41) is 5.04. The molecule has 0 radical (unpaired) electrons. The van der Waals surface area contributed by atoms with Crippen molar-refractivity contribution in [1.29, 1.82) is 0 Å². The number of anilines is 1. The summed E-state index contributed by atoms with van der Waals surface area (Å²) in [6, 6.07) is 13.3. The fourth-order valence-corrected chi connectivity index (χ4v) is 2.63. The Morgan fingerprint density at radius 3 is 2.60 bits per heavy atom. The van der Waals surface area contributed by atoms with Crippen LogP contribution in [0.3, 0.4) is 0 Å². The number of halogens is 1. The van der Waals surface area contributed by atoms with Gasteiger partial charge in [0, 0.05) is 12.1 Å². The second-order valence-corrected chi connectivity index (χ2v) is 5.67. The fourth-order valence-electron chi connectivity index (χ4n) is 2.63. The highest BCUT2D eigenvalue weighted by Crippen LogP contribution is 2.13. The average Bonchev–Trinajstić information content (AvgIpc) is 2.83. The van der Waals surface area contributed by atoms with E-state index in [1.807, 2.05) is 30.3 Å². The molecule has 1 saturated heterocycles. The Hall–Kier alpha value is -3.22. The van der Waals surface area contributed by atoms with Crippen LogP contribution in [0.15, 0.2) is 54.6 Å². The molecule has 1 heterocycles. The zero-order valence-electron chi connectivity index (χ0n) is 13.2. The molecule has 1 fully saturated rings. The number of urea groups is 1. The van der Waals surface area contributed by atoms with Gasteiger partial charge in [-0.3, -0.25) is 14.5 Å². The van der Waals surface area contributed by atoms with Crippen LogP contribution in [-0.2, 0) is 16.0 Å². The van der Waals surface area contributed by atoms with E-state index in [0.29, 0.717) is 6.42 Å². The third-order valence-electron chi connectivity index (χ3n) is 3.80. The maximum atomic E-state index is 13.1. The van der Waals surface area contributed by atoms with Crippen molar-refractivity contribution < 1.29 is 18.8 Å². The maximum absolute atomic E-state index is 13.1. The van der Waals surface area contributed by atoms with Gasteiger partial charge in [0.2, 0.25) is 5.91 Å². The summed E-state index contributed by atoms with van der Waals surface area (Å²) in [6.45, 7) is -0.424. The van der Waals surface area contributed by atoms with E-state index >= 15 is 0 Å². The van der Waals surface area contributed by atoms with Gasteiger partial charge in [0.1, 0.15) is 18.4 Å². The van der Waals surface area contributed by atoms with Crippen molar-refractivity contribution in [3.05, 3.63) is 66.0 Å². The smallest absolute Gasteiger partial charge is 0.325 e. The Labute approximate surface area is 143 Å². The third kappa shape index (κ3) is 4.00. The molecular formula is C18H16FN3O3. The lowest BCUT2D eigenvalue weighted by atomic mass is 10.1. The molecule has 1 atom stereocenters. The molecule has 0 bridgehead atoms. The van der Waals surface area contributed by atoms with Gasteiger partial charge < -0.3 is 10.6 Å². The standard InChI is InChI=1S/C18H16FN3O3/c19-13-7-4-8-14(10-13)20-16(23)11-22-17(24)15(21-18(22)25)9-12-5-2-1-3-6-12/h1-8,10,15H,9,11H2,(H,20,23)(H,21,25). The summed E-state index contributed by atoms with van der Waals surface area (Å²) in [4.78, 5) is 37.2. The molecule has 0 spiro atoms. The number of hydrogen-bond acceptors (Lipinski definition) is 3. The highest BCUT2D eigenvalue weighted by molar-refractivity contribution is 6.08. The lowest BCUT2D eigenvalue weighted by Crippen LogP contribution is -2.38. The Morgan fingerprint density at radius 1 is 1.12 bits per heavy atom. The number of amides is 4. The minimum atomic E-state index is -0.697. The van der Waals surface area contributed by atoms with Gasteiger partial charge in [-0.25, -0.2) is 9.18 Å². The number of benzene rings is 2. The number of carbonyl (C=O) groups excluding carboxylic acids is 3. The van der Waals surface area contributed by atoms with Crippen molar-refractivity contribution in [2.24, 2.45) is 0 Å². The molecule has 2 N–H and O–H groups in total. The van der Waals surface area contributed by atoms with Gasteiger partial charge in [-0.05, 0) is 23.8 Å². The van der Waals surface area contributed by atoms with E-state index in [0.717, 1.165) is 16.5 Å². The predicted octanol–water partition coefficient (Wildman–Crippen LogP) is 1.93. The zero-order chi connectivity index (χ0) is 17.8. The van der Waals surface area contributed by atoms with Crippen molar-refractivity contribution in [2.75, 3.05) is 11.9 Å². The predicted molar refractivity (Wildman–Crippen MR) is 89.2 cm³/mol. The van der Waals surface area contributed by atoms with E-state index in [9.17, 15) is 18.8 Å². The first-order chi connectivity index (χ1) is 12.0. The summed E-state index contributed by atoms with van der Waals surface area (Å²) < 4.78 is 13.1. The molecule has 2 aromatic rings. The van der Waals surface area contributed by atoms with Crippen molar-refractivity contribution in [3.8, 4) is 0 Å². The first-order valence-corrected chi connectivity index (χ1v) is 7.74. The van der Waals surface area contributed by atoms with Crippen molar-refractivity contribution in [3.63, 3.8) is 0 Å². The largest absolute Gasteiger partial charge is 0.325 e. The molecule has 0 saturated carbocycles. The van der Waals surface area contributed by atoms with Crippen molar-refractivity contribution in [2.45, 2.75) is 12.5 Å².